The van der Waals surface area contributed by atoms with Crippen LogP contribution < -0.4 is 0 Å². The first kappa shape index (κ1) is 12.7. The molecule has 0 saturated heterocycles. The molecule has 0 spiro atoms. The van der Waals surface area contributed by atoms with Gasteiger partial charge in [0.25, 0.3) is 5.91 Å². The van der Waals surface area contributed by atoms with Crippen LogP contribution in [0.15, 0.2) is 24.3 Å². The molecule has 0 atom stereocenters. The third-order valence-electron chi connectivity index (χ3n) is 2.26. The van der Waals surface area contributed by atoms with Crippen LogP contribution in [-0.4, -0.2) is 24.4 Å². The Balaban J connectivity index is 2.69. The number of hydrogen-bond acceptors (Lipinski definition) is 2. The van der Waals surface area contributed by atoms with Crippen LogP contribution in [0.5, 0.6) is 0 Å². The maximum absolute atomic E-state index is 11.9. The molecule has 0 radical (unpaired) electrons. The summed E-state index contributed by atoms with van der Waals surface area (Å²) in [4.78, 5) is 13.4. The highest BCUT2D eigenvalue weighted by Gasteiger charge is 2.10. The van der Waals surface area contributed by atoms with Crippen molar-refractivity contribution in [1.82, 2.24) is 4.90 Å². The first-order valence-corrected chi connectivity index (χ1v) is 6.08. The average Bonchev–Trinajstić information content (AvgIpc) is 2.35. The SMILES string of the molecule is CN(CCC#N)C(=O)c1ccc(CBr)cc1. The molecular weight excluding hydrogens is 268 g/mol. The van der Waals surface area contributed by atoms with Crippen molar-refractivity contribution in [3.63, 3.8) is 0 Å². The number of nitrogens with zero attached hydrogens (tertiary/aromatic N) is 2. The molecule has 0 aliphatic carbocycles. The van der Waals surface area contributed by atoms with Crippen LogP contribution in [0.25, 0.3) is 0 Å². The third-order valence-corrected chi connectivity index (χ3v) is 2.91. The van der Waals surface area contributed by atoms with Crippen molar-refractivity contribution in [2.24, 2.45) is 0 Å². The number of halogens is 1. The van der Waals surface area contributed by atoms with Gasteiger partial charge in [-0.25, -0.2) is 0 Å². The van der Waals surface area contributed by atoms with Crippen molar-refractivity contribution in [1.29, 1.82) is 5.26 Å². The van der Waals surface area contributed by atoms with Gasteiger partial charge >= 0.3 is 0 Å². The molecule has 3 nitrogen and oxygen atoms in total. The van der Waals surface area contributed by atoms with E-state index in [-0.39, 0.29) is 5.91 Å². The van der Waals surface area contributed by atoms with Gasteiger partial charge in [-0.2, -0.15) is 5.26 Å². The van der Waals surface area contributed by atoms with Gasteiger partial charge in [0.1, 0.15) is 0 Å². The van der Waals surface area contributed by atoms with Crippen molar-refractivity contribution >= 4 is 21.8 Å². The van der Waals surface area contributed by atoms with Crippen molar-refractivity contribution in [2.75, 3.05) is 13.6 Å². The number of alkyl halides is 1. The van der Waals surface area contributed by atoms with Gasteiger partial charge in [-0.15, -0.1) is 0 Å². The Labute approximate surface area is 104 Å². The Kier molecular flexibility index (Phi) is 5.00. The Morgan fingerprint density at radius 3 is 2.56 bits per heavy atom. The van der Waals surface area contributed by atoms with Gasteiger partial charge in [-0.1, -0.05) is 28.1 Å². The number of carbonyl (C=O) groups excluding carboxylic acids is 1. The smallest absolute Gasteiger partial charge is 0.253 e. The molecule has 84 valence electrons. The fourth-order valence-electron chi connectivity index (χ4n) is 1.28. The summed E-state index contributed by atoms with van der Waals surface area (Å²) in [5, 5.41) is 9.23. The quantitative estimate of drug-likeness (QED) is 0.796. The molecular formula is C12H13BrN2O. The van der Waals surface area contributed by atoms with Crippen molar-refractivity contribution in [2.45, 2.75) is 11.8 Å². The molecule has 0 saturated carbocycles. The zero-order chi connectivity index (χ0) is 12.0. The summed E-state index contributed by atoms with van der Waals surface area (Å²) in [7, 11) is 1.71. The van der Waals surface area contributed by atoms with E-state index in [0.717, 1.165) is 10.9 Å². The Hall–Kier alpha value is -1.34. The minimum absolute atomic E-state index is 0.0450. The highest BCUT2D eigenvalue weighted by atomic mass is 79.9. The lowest BCUT2D eigenvalue weighted by Crippen LogP contribution is -2.27. The van der Waals surface area contributed by atoms with E-state index in [1.807, 2.05) is 30.3 Å². The minimum Gasteiger partial charge on any atom is -0.341 e. The molecule has 0 aromatic heterocycles. The summed E-state index contributed by atoms with van der Waals surface area (Å²) < 4.78 is 0. The highest BCUT2D eigenvalue weighted by molar-refractivity contribution is 9.08. The summed E-state index contributed by atoms with van der Waals surface area (Å²) in [6.07, 6.45) is 0.363. The standard InChI is InChI=1S/C12H13BrN2O/c1-15(8-2-7-14)12(16)11-5-3-10(9-13)4-6-11/h3-6H,2,8-9H2,1H3. The molecule has 0 N–H and O–H groups in total. The summed E-state index contributed by atoms with van der Waals surface area (Å²) in [6.45, 7) is 0.468. The molecule has 1 rings (SSSR count). The van der Waals surface area contributed by atoms with Crippen molar-refractivity contribution < 1.29 is 4.79 Å². The lowest BCUT2D eigenvalue weighted by molar-refractivity contribution is 0.0798. The average molecular weight is 281 g/mol. The summed E-state index contributed by atoms with van der Waals surface area (Å²) in [5.41, 5.74) is 1.79. The normalized spacial score (nSPS) is 9.56. The van der Waals surface area contributed by atoms with Crippen LogP contribution in [0.3, 0.4) is 0 Å². The number of amides is 1. The second-order valence-corrected chi connectivity index (χ2v) is 4.03. The Bertz CT molecular complexity index is 394. The van der Waals surface area contributed by atoms with E-state index in [0.29, 0.717) is 18.5 Å². The number of rotatable bonds is 4. The first-order chi connectivity index (χ1) is 7.69. The summed E-state index contributed by atoms with van der Waals surface area (Å²) in [5.74, 6) is -0.0450. The summed E-state index contributed by atoms with van der Waals surface area (Å²) in [6, 6.07) is 9.47. The predicted octanol–water partition coefficient (Wildman–Crippen LogP) is 2.57. The van der Waals surface area contributed by atoms with E-state index < -0.39 is 0 Å². The molecule has 1 aromatic carbocycles. The second kappa shape index (κ2) is 6.29. The molecule has 0 fully saturated rings. The van der Waals surface area contributed by atoms with E-state index in [9.17, 15) is 4.79 Å². The van der Waals surface area contributed by atoms with E-state index in [1.165, 1.54) is 0 Å². The fraction of sp³-hybridized carbons (Fsp3) is 0.333. The molecule has 0 aliphatic heterocycles. The Morgan fingerprint density at radius 1 is 1.44 bits per heavy atom. The fourth-order valence-corrected chi connectivity index (χ4v) is 1.65. The molecule has 0 unspecified atom stereocenters. The molecule has 0 bridgehead atoms. The van der Waals surface area contributed by atoms with Crippen LogP contribution in [0, 0.1) is 11.3 Å². The molecule has 4 heteroatoms. The van der Waals surface area contributed by atoms with Gasteiger partial charge in [-0.05, 0) is 17.7 Å². The number of benzene rings is 1. The number of nitriles is 1. The molecule has 16 heavy (non-hydrogen) atoms. The van der Waals surface area contributed by atoms with Gasteiger partial charge < -0.3 is 4.90 Å². The maximum atomic E-state index is 11.9. The molecule has 0 aliphatic rings. The van der Waals surface area contributed by atoms with Gasteiger partial charge in [0.15, 0.2) is 0 Å². The van der Waals surface area contributed by atoms with Gasteiger partial charge in [-0.3, -0.25) is 4.79 Å². The number of carbonyl (C=O) groups is 1. The molecule has 1 aromatic rings. The van der Waals surface area contributed by atoms with Gasteiger partial charge in [0.2, 0.25) is 0 Å². The third kappa shape index (κ3) is 3.35. The van der Waals surface area contributed by atoms with Crippen LogP contribution in [0.4, 0.5) is 0 Å². The number of hydrogen-bond donors (Lipinski definition) is 0. The lowest BCUT2D eigenvalue weighted by atomic mass is 10.1. The van der Waals surface area contributed by atoms with Crippen molar-refractivity contribution in [3.05, 3.63) is 35.4 Å². The van der Waals surface area contributed by atoms with Crippen LogP contribution in [-0.2, 0) is 5.33 Å². The van der Waals surface area contributed by atoms with Crippen LogP contribution in [0.2, 0.25) is 0 Å². The largest absolute Gasteiger partial charge is 0.341 e. The van der Waals surface area contributed by atoms with Crippen LogP contribution in [0.1, 0.15) is 22.3 Å². The molecule has 0 heterocycles. The van der Waals surface area contributed by atoms with E-state index in [2.05, 4.69) is 15.9 Å². The lowest BCUT2D eigenvalue weighted by Gasteiger charge is -2.15. The van der Waals surface area contributed by atoms with Crippen LogP contribution >= 0.6 is 15.9 Å². The zero-order valence-corrected chi connectivity index (χ0v) is 10.7. The monoisotopic (exact) mass is 280 g/mol. The predicted molar refractivity (Wildman–Crippen MR) is 66.3 cm³/mol. The molecule has 1 amide bonds. The Morgan fingerprint density at radius 2 is 2.06 bits per heavy atom. The minimum atomic E-state index is -0.0450. The zero-order valence-electron chi connectivity index (χ0n) is 9.11. The van der Waals surface area contributed by atoms with E-state index in [4.69, 9.17) is 5.26 Å². The van der Waals surface area contributed by atoms with E-state index >= 15 is 0 Å². The van der Waals surface area contributed by atoms with Gasteiger partial charge in [0.05, 0.1) is 12.5 Å². The topological polar surface area (TPSA) is 44.1 Å². The summed E-state index contributed by atoms with van der Waals surface area (Å²) >= 11 is 3.35. The van der Waals surface area contributed by atoms with E-state index in [1.54, 1.807) is 11.9 Å². The van der Waals surface area contributed by atoms with Gasteiger partial charge in [0, 0.05) is 24.5 Å². The maximum Gasteiger partial charge on any atom is 0.253 e. The second-order valence-electron chi connectivity index (χ2n) is 3.47. The first-order valence-electron chi connectivity index (χ1n) is 4.96. The highest BCUT2D eigenvalue weighted by Crippen LogP contribution is 2.09. The van der Waals surface area contributed by atoms with Crippen molar-refractivity contribution in [3.8, 4) is 6.07 Å².